The van der Waals surface area contributed by atoms with Crippen LogP contribution in [0.4, 0.5) is 0 Å². The highest BCUT2D eigenvalue weighted by atomic mass is 16.5. The van der Waals surface area contributed by atoms with E-state index in [1.165, 1.54) is 25.6 Å². The second-order valence-electron chi connectivity index (χ2n) is 2.16. The Bertz CT molecular complexity index is 319. The Kier molecular flexibility index (Phi) is 2.97. The van der Waals surface area contributed by atoms with E-state index >= 15 is 0 Å². The third-order valence-electron chi connectivity index (χ3n) is 1.24. The predicted octanol–water partition coefficient (Wildman–Crippen LogP) is -0.752. The summed E-state index contributed by atoms with van der Waals surface area (Å²) in [5, 5.41) is 10.0. The molecule has 0 atom stereocenters. The number of hydrogen-bond acceptors (Lipinski definition) is 5. The van der Waals surface area contributed by atoms with Crippen molar-refractivity contribution in [2.75, 3.05) is 7.11 Å². The number of aromatic nitrogens is 2. The van der Waals surface area contributed by atoms with Gasteiger partial charge in [-0.2, -0.15) is 0 Å². The van der Waals surface area contributed by atoms with Crippen LogP contribution in [0.15, 0.2) is 18.5 Å². The monoisotopic (exact) mass is 179 g/mol. The van der Waals surface area contributed by atoms with E-state index in [0.29, 0.717) is 5.56 Å². The van der Waals surface area contributed by atoms with Gasteiger partial charge in [-0.3, -0.25) is 0 Å². The highest BCUT2D eigenvalue weighted by Gasteiger charge is 1.92. The number of carboxylic acids is 1. The van der Waals surface area contributed by atoms with E-state index < -0.39 is 5.97 Å². The molecule has 0 amide bonds. The smallest absolute Gasteiger partial charge is 0.316 e. The SMILES string of the molecule is COc1ncc(/C=C/C(=O)[O-])cn1. The maximum atomic E-state index is 10.0. The zero-order chi connectivity index (χ0) is 9.68. The summed E-state index contributed by atoms with van der Waals surface area (Å²) in [5.41, 5.74) is 0.574. The average Bonchev–Trinajstić information content (AvgIpc) is 2.15. The molecule has 0 radical (unpaired) electrons. The number of carbonyl (C=O) groups is 1. The molecule has 68 valence electrons. The fourth-order valence-corrected chi connectivity index (χ4v) is 0.682. The first-order chi connectivity index (χ1) is 6.22. The summed E-state index contributed by atoms with van der Waals surface area (Å²) in [6.07, 6.45) is 5.15. The van der Waals surface area contributed by atoms with Crippen LogP contribution in [-0.4, -0.2) is 23.0 Å². The molecule has 0 aromatic carbocycles. The zero-order valence-electron chi connectivity index (χ0n) is 6.93. The third kappa shape index (κ3) is 2.90. The number of ether oxygens (including phenoxy) is 1. The minimum Gasteiger partial charge on any atom is -0.545 e. The van der Waals surface area contributed by atoms with E-state index in [9.17, 15) is 9.90 Å². The van der Waals surface area contributed by atoms with E-state index in [-0.39, 0.29) is 6.01 Å². The number of carbonyl (C=O) groups excluding carboxylic acids is 1. The molecular formula is C8H7N2O3-. The van der Waals surface area contributed by atoms with E-state index in [0.717, 1.165) is 6.08 Å². The summed E-state index contributed by atoms with van der Waals surface area (Å²) >= 11 is 0. The van der Waals surface area contributed by atoms with Crippen LogP contribution >= 0.6 is 0 Å². The van der Waals surface area contributed by atoms with Crippen molar-refractivity contribution in [3.05, 3.63) is 24.0 Å². The first-order valence-electron chi connectivity index (χ1n) is 3.47. The van der Waals surface area contributed by atoms with Gasteiger partial charge >= 0.3 is 6.01 Å². The lowest BCUT2D eigenvalue weighted by molar-refractivity contribution is -0.297. The lowest BCUT2D eigenvalue weighted by Gasteiger charge is -1.96. The van der Waals surface area contributed by atoms with Crippen molar-refractivity contribution < 1.29 is 14.6 Å². The van der Waals surface area contributed by atoms with Crippen LogP contribution < -0.4 is 9.84 Å². The molecule has 13 heavy (non-hydrogen) atoms. The Balaban J connectivity index is 2.75. The molecule has 1 heterocycles. The van der Waals surface area contributed by atoms with E-state index in [2.05, 4.69) is 9.97 Å². The summed E-state index contributed by atoms with van der Waals surface area (Å²) in [6, 6.07) is 0.241. The van der Waals surface area contributed by atoms with Crippen LogP contribution in [0.2, 0.25) is 0 Å². The summed E-state index contributed by atoms with van der Waals surface area (Å²) in [4.78, 5) is 17.6. The van der Waals surface area contributed by atoms with Gasteiger partial charge in [0.2, 0.25) is 0 Å². The summed E-state index contributed by atoms with van der Waals surface area (Å²) < 4.78 is 4.72. The first kappa shape index (κ1) is 9.18. The molecule has 0 spiro atoms. The molecule has 0 saturated heterocycles. The molecular weight excluding hydrogens is 172 g/mol. The second-order valence-corrected chi connectivity index (χ2v) is 2.16. The van der Waals surface area contributed by atoms with Crippen molar-refractivity contribution in [1.82, 2.24) is 9.97 Å². The van der Waals surface area contributed by atoms with Gasteiger partial charge in [0.1, 0.15) is 0 Å². The third-order valence-corrected chi connectivity index (χ3v) is 1.24. The fourth-order valence-electron chi connectivity index (χ4n) is 0.682. The van der Waals surface area contributed by atoms with Gasteiger partial charge in [-0.05, 0) is 6.08 Å². The zero-order valence-corrected chi connectivity index (χ0v) is 6.93. The van der Waals surface area contributed by atoms with Crippen molar-refractivity contribution in [3.8, 4) is 6.01 Å². The topological polar surface area (TPSA) is 75.1 Å². The highest BCUT2D eigenvalue weighted by molar-refractivity contribution is 5.83. The predicted molar refractivity (Wildman–Crippen MR) is 42.6 cm³/mol. The van der Waals surface area contributed by atoms with Gasteiger partial charge in [-0.1, -0.05) is 6.08 Å². The summed E-state index contributed by atoms with van der Waals surface area (Å²) in [7, 11) is 1.45. The van der Waals surface area contributed by atoms with Crippen molar-refractivity contribution in [3.63, 3.8) is 0 Å². The Morgan fingerprint density at radius 2 is 2.15 bits per heavy atom. The summed E-state index contributed by atoms with van der Waals surface area (Å²) in [5.74, 6) is -1.25. The fraction of sp³-hybridized carbons (Fsp3) is 0.125. The van der Waals surface area contributed by atoms with Gasteiger partial charge in [0, 0.05) is 18.0 Å². The molecule has 0 aliphatic carbocycles. The number of rotatable bonds is 3. The maximum Gasteiger partial charge on any atom is 0.316 e. The van der Waals surface area contributed by atoms with Crippen LogP contribution in [0, 0.1) is 0 Å². The summed E-state index contributed by atoms with van der Waals surface area (Å²) in [6.45, 7) is 0. The molecule has 0 saturated carbocycles. The molecule has 0 fully saturated rings. The maximum absolute atomic E-state index is 10.0. The Hall–Kier alpha value is -1.91. The molecule has 1 aromatic heterocycles. The standard InChI is InChI=1S/C8H8N2O3/c1-13-8-9-4-6(5-10-8)2-3-7(11)12/h2-5H,1H3,(H,11,12)/p-1/b3-2+. The first-order valence-corrected chi connectivity index (χ1v) is 3.47. The molecule has 1 aromatic rings. The minimum atomic E-state index is -1.25. The Morgan fingerprint density at radius 1 is 1.54 bits per heavy atom. The van der Waals surface area contributed by atoms with Crippen LogP contribution in [0.5, 0.6) is 6.01 Å². The number of nitrogens with zero attached hydrogens (tertiary/aromatic N) is 2. The molecule has 5 heteroatoms. The minimum absolute atomic E-state index is 0.241. The molecule has 1 rings (SSSR count). The van der Waals surface area contributed by atoms with E-state index in [4.69, 9.17) is 4.74 Å². The Labute approximate surface area is 74.7 Å². The van der Waals surface area contributed by atoms with Gasteiger partial charge < -0.3 is 14.6 Å². The number of aliphatic carboxylic acids is 1. The number of methoxy groups -OCH3 is 1. The molecule has 5 nitrogen and oxygen atoms in total. The number of hydrogen-bond donors (Lipinski definition) is 0. The van der Waals surface area contributed by atoms with Gasteiger partial charge in [-0.25, -0.2) is 9.97 Å². The van der Waals surface area contributed by atoms with Crippen molar-refractivity contribution in [2.24, 2.45) is 0 Å². The van der Waals surface area contributed by atoms with Gasteiger partial charge in [0.05, 0.1) is 13.1 Å². The number of carboxylic acid groups (broad SMARTS) is 1. The average molecular weight is 179 g/mol. The quantitative estimate of drug-likeness (QED) is 0.570. The van der Waals surface area contributed by atoms with Crippen LogP contribution in [-0.2, 0) is 4.79 Å². The van der Waals surface area contributed by atoms with Gasteiger partial charge in [0.15, 0.2) is 0 Å². The lowest BCUT2D eigenvalue weighted by atomic mass is 10.3. The molecule has 0 bridgehead atoms. The van der Waals surface area contributed by atoms with E-state index in [1.807, 2.05) is 0 Å². The van der Waals surface area contributed by atoms with Gasteiger partial charge in [-0.15, -0.1) is 0 Å². The van der Waals surface area contributed by atoms with Gasteiger partial charge in [0.25, 0.3) is 0 Å². The molecule has 0 unspecified atom stereocenters. The molecule has 0 N–H and O–H groups in total. The van der Waals surface area contributed by atoms with Crippen LogP contribution in [0.25, 0.3) is 6.08 Å². The van der Waals surface area contributed by atoms with Crippen LogP contribution in [0.1, 0.15) is 5.56 Å². The largest absolute Gasteiger partial charge is 0.545 e. The van der Waals surface area contributed by atoms with Crippen molar-refractivity contribution in [1.29, 1.82) is 0 Å². The van der Waals surface area contributed by atoms with Crippen LogP contribution in [0.3, 0.4) is 0 Å². The second kappa shape index (κ2) is 4.20. The highest BCUT2D eigenvalue weighted by Crippen LogP contribution is 2.02. The van der Waals surface area contributed by atoms with Crippen molar-refractivity contribution >= 4 is 12.0 Å². The molecule has 0 aliphatic rings. The normalized spacial score (nSPS) is 10.2. The van der Waals surface area contributed by atoms with E-state index in [1.54, 1.807) is 0 Å². The molecule has 0 aliphatic heterocycles. The van der Waals surface area contributed by atoms with Crippen molar-refractivity contribution in [2.45, 2.75) is 0 Å². The lowest BCUT2D eigenvalue weighted by Crippen LogP contribution is -2.18. The Morgan fingerprint density at radius 3 is 2.62 bits per heavy atom.